The van der Waals surface area contributed by atoms with Crippen LogP contribution in [0, 0.1) is 0 Å². The zero-order valence-electron chi connectivity index (χ0n) is 21.9. The summed E-state index contributed by atoms with van der Waals surface area (Å²) in [6.45, 7) is 0. The summed E-state index contributed by atoms with van der Waals surface area (Å²) in [5, 5.41) is 7.95. The van der Waals surface area contributed by atoms with Gasteiger partial charge in [0.2, 0.25) is 0 Å². The average Bonchev–Trinajstić information content (AvgIpc) is 3.30. The normalized spacial score (nSPS) is 16.7. The van der Waals surface area contributed by atoms with E-state index in [9.17, 15) is 0 Å². The molecular weight excluding hydrogens is 484 g/mol. The lowest BCUT2D eigenvalue weighted by molar-refractivity contribution is 0.703. The van der Waals surface area contributed by atoms with Crippen molar-refractivity contribution in [3.05, 3.63) is 156 Å². The third-order valence-corrected chi connectivity index (χ3v) is 8.88. The molecule has 9 rings (SSSR count). The molecule has 188 valence electrons. The third kappa shape index (κ3) is 2.88. The molecule has 7 aromatic rings. The Morgan fingerprint density at radius 2 is 1.20 bits per heavy atom. The van der Waals surface area contributed by atoms with Gasteiger partial charge in [0, 0.05) is 33.5 Å². The summed E-state index contributed by atoms with van der Waals surface area (Å²) in [4.78, 5) is 2.54. The molecule has 2 heteroatoms. The Kier molecular flexibility index (Phi) is 4.48. The summed E-state index contributed by atoms with van der Waals surface area (Å²) in [5.74, 6) is 0.161. The molecule has 0 radical (unpaired) electrons. The molecule has 0 N–H and O–H groups in total. The van der Waals surface area contributed by atoms with Gasteiger partial charge in [-0.05, 0) is 63.3 Å². The van der Waals surface area contributed by atoms with Gasteiger partial charge in [-0.3, -0.25) is 0 Å². The quantitative estimate of drug-likeness (QED) is 0.231. The van der Waals surface area contributed by atoms with Crippen molar-refractivity contribution in [2.75, 3.05) is 4.90 Å². The predicted octanol–water partition coefficient (Wildman–Crippen LogP) is 8.66. The van der Waals surface area contributed by atoms with E-state index in [-0.39, 0.29) is 12.0 Å². The average molecular weight is 511 g/mol. The Balaban J connectivity index is 1.50. The summed E-state index contributed by atoms with van der Waals surface area (Å²) in [5.41, 5.74) is 7.72. The highest BCUT2D eigenvalue weighted by Gasteiger charge is 2.41. The first-order chi connectivity index (χ1) is 19.9. The van der Waals surface area contributed by atoms with Gasteiger partial charge in [0.05, 0.1) is 17.5 Å². The van der Waals surface area contributed by atoms with Crippen LogP contribution >= 0.6 is 0 Å². The fourth-order valence-corrected chi connectivity index (χ4v) is 7.35. The van der Waals surface area contributed by atoms with E-state index < -0.39 is 0 Å². The van der Waals surface area contributed by atoms with Crippen molar-refractivity contribution in [1.82, 2.24) is 4.57 Å². The van der Waals surface area contributed by atoms with Gasteiger partial charge < -0.3 is 9.47 Å². The highest BCUT2D eigenvalue weighted by molar-refractivity contribution is 6.20. The van der Waals surface area contributed by atoms with Gasteiger partial charge in [-0.2, -0.15) is 0 Å². The number of aromatic nitrogens is 1. The minimum atomic E-state index is 0.0910. The summed E-state index contributed by atoms with van der Waals surface area (Å²) in [6, 6.07) is 51.2. The van der Waals surface area contributed by atoms with Gasteiger partial charge in [-0.25, -0.2) is 0 Å². The van der Waals surface area contributed by atoms with Crippen molar-refractivity contribution in [3.8, 4) is 5.69 Å². The van der Waals surface area contributed by atoms with Crippen molar-refractivity contribution >= 4 is 49.9 Å². The molecule has 0 fully saturated rings. The fourth-order valence-electron chi connectivity index (χ4n) is 7.35. The van der Waals surface area contributed by atoms with Crippen molar-refractivity contribution < 1.29 is 0 Å². The minimum Gasteiger partial charge on any atom is -0.333 e. The van der Waals surface area contributed by atoms with Crippen LogP contribution in [0.4, 0.5) is 11.4 Å². The molecule has 40 heavy (non-hydrogen) atoms. The van der Waals surface area contributed by atoms with Gasteiger partial charge in [-0.1, -0.05) is 109 Å². The maximum atomic E-state index is 2.57. The molecule has 0 saturated heterocycles. The van der Waals surface area contributed by atoms with Crippen molar-refractivity contribution in [1.29, 1.82) is 0 Å². The molecule has 1 aliphatic heterocycles. The number of para-hydroxylation sites is 4. The Labute approximate surface area is 232 Å². The van der Waals surface area contributed by atoms with E-state index in [0.29, 0.717) is 0 Å². The molecule has 1 aromatic heterocycles. The molecule has 1 aliphatic carbocycles. The first-order valence-electron chi connectivity index (χ1n) is 14.0. The minimum absolute atomic E-state index is 0.0910. The fraction of sp³-hybridized carbons (Fsp3) is 0.0526. The van der Waals surface area contributed by atoms with Crippen LogP contribution in [0.1, 0.15) is 17.2 Å². The predicted molar refractivity (Wildman–Crippen MR) is 167 cm³/mol. The lowest BCUT2D eigenvalue weighted by atomic mass is 9.81. The smallest absolute Gasteiger partial charge is 0.0656 e. The molecule has 0 spiro atoms. The molecule has 2 atom stereocenters. The molecule has 2 heterocycles. The Morgan fingerprint density at radius 3 is 2.00 bits per heavy atom. The molecule has 2 unspecified atom stereocenters. The number of benzene rings is 6. The van der Waals surface area contributed by atoms with E-state index in [2.05, 4.69) is 155 Å². The zero-order chi connectivity index (χ0) is 26.2. The van der Waals surface area contributed by atoms with Gasteiger partial charge >= 0.3 is 0 Å². The van der Waals surface area contributed by atoms with Gasteiger partial charge in [0.15, 0.2) is 0 Å². The molecule has 6 aromatic carbocycles. The van der Waals surface area contributed by atoms with Crippen LogP contribution in [-0.4, -0.2) is 10.6 Å². The van der Waals surface area contributed by atoms with Crippen LogP contribution in [0.15, 0.2) is 140 Å². The SMILES string of the molecule is C1=c2ccc3cccc4c5ccccc5n5c(c2c34)C(c2ccccc2-5)C1N(c1ccccc1)c1ccccc1. The summed E-state index contributed by atoms with van der Waals surface area (Å²) in [6.07, 6.45) is 2.52. The van der Waals surface area contributed by atoms with E-state index in [1.54, 1.807) is 0 Å². The van der Waals surface area contributed by atoms with E-state index in [0.717, 1.165) is 0 Å². The van der Waals surface area contributed by atoms with Crippen LogP contribution < -0.4 is 10.1 Å². The number of fused-ring (bicyclic) bond motifs is 6. The molecular formula is C38H26N2. The van der Waals surface area contributed by atoms with E-state index in [4.69, 9.17) is 0 Å². The third-order valence-electron chi connectivity index (χ3n) is 8.88. The van der Waals surface area contributed by atoms with Crippen LogP contribution in [0.2, 0.25) is 0 Å². The lowest BCUT2D eigenvalue weighted by Crippen LogP contribution is -2.38. The van der Waals surface area contributed by atoms with E-state index in [1.165, 1.54) is 66.0 Å². The number of hydrogen-bond donors (Lipinski definition) is 0. The van der Waals surface area contributed by atoms with Crippen molar-refractivity contribution in [2.45, 2.75) is 12.0 Å². The molecule has 0 saturated carbocycles. The second-order valence-corrected chi connectivity index (χ2v) is 10.9. The molecule has 2 aliphatic rings. The van der Waals surface area contributed by atoms with Crippen LogP contribution in [0.3, 0.4) is 0 Å². The van der Waals surface area contributed by atoms with Crippen molar-refractivity contribution in [2.24, 2.45) is 0 Å². The number of rotatable bonds is 3. The van der Waals surface area contributed by atoms with Gasteiger partial charge in [0.25, 0.3) is 0 Å². The monoisotopic (exact) mass is 510 g/mol. The topological polar surface area (TPSA) is 8.17 Å². The first kappa shape index (κ1) is 21.8. The summed E-state index contributed by atoms with van der Waals surface area (Å²) >= 11 is 0. The standard InChI is InChI=1S/C38H26N2/c1-3-13-27(14-4-1)39(28-15-5-2-6-16-28)34-24-26-23-22-25-12-11-19-30-29-17-7-9-20-32(29)40-33-21-10-8-18-31(33)37(34)38(40)36(26)35(25)30/h1-24,34,37H. The van der Waals surface area contributed by atoms with E-state index in [1.807, 2.05) is 0 Å². The second kappa shape index (κ2) is 8.21. The number of anilines is 2. The number of hydrogen-bond acceptors (Lipinski definition) is 1. The Bertz CT molecular complexity index is 2130. The highest BCUT2D eigenvalue weighted by Crippen LogP contribution is 2.50. The summed E-state index contributed by atoms with van der Waals surface area (Å²) in [7, 11) is 0. The highest BCUT2D eigenvalue weighted by atomic mass is 15.2. The van der Waals surface area contributed by atoms with Crippen LogP contribution in [0.25, 0.3) is 44.2 Å². The zero-order valence-corrected chi connectivity index (χ0v) is 21.9. The molecule has 2 nitrogen and oxygen atoms in total. The van der Waals surface area contributed by atoms with Gasteiger partial charge in [0.1, 0.15) is 0 Å². The summed E-state index contributed by atoms with van der Waals surface area (Å²) < 4.78 is 2.57. The Morgan fingerprint density at radius 1 is 0.525 bits per heavy atom. The Hall–Kier alpha value is -5.08. The van der Waals surface area contributed by atoms with E-state index >= 15 is 0 Å². The largest absolute Gasteiger partial charge is 0.333 e. The number of nitrogens with zero attached hydrogens (tertiary/aromatic N) is 2. The molecule has 0 amide bonds. The molecule has 0 bridgehead atoms. The maximum Gasteiger partial charge on any atom is 0.0656 e. The first-order valence-corrected chi connectivity index (χ1v) is 14.0. The van der Waals surface area contributed by atoms with Crippen LogP contribution in [-0.2, 0) is 0 Å². The maximum absolute atomic E-state index is 2.57. The van der Waals surface area contributed by atoms with Gasteiger partial charge in [-0.15, -0.1) is 0 Å². The second-order valence-electron chi connectivity index (χ2n) is 10.9. The van der Waals surface area contributed by atoms with Crippen molar-refractivity contribution in [3.63, 3.8) is 0 Å². The van der Waals surface area contributed by atoms with Crippen LogP contribution in [0.5, 0.6) is 0 Å². The lowest BCUT2D eigenvalue weighted by Gasteiger charge is -2.38.